The number of carbonyl (C=O) groups is 1. The van der Waals surface area contributed by atoms with Crippen LogP contribution >= 0.6 is 0 Å². The van der Waals surface area contributed by atoms with Crippen LogP contribution in [0.5, 0.6) is 5.75 Å². The van der Waals surface area contributed by atoms with E-state index in [-0.39, 0.29) is 29.6 Å². The summed E-state index contributed by atoms with van der Waals surface area (Å²) in [6.45, 7) is 4.05. The monoisotopic (exact) mass is 597 g/mol. The Labute approximate surface area is 249 Å². The van der Waals surface area contributed by atoms with Crippen LogP contribution in [0, 0.1) is 34.5 Å². The molecule has 1 aromatic carbocycles. The van der Waals surface area contributed by atoms with E-state index in [1.54, 1.807) is 19.1 Å². The molecule has 9 nitrogen and oxygen atoms in total. The Morgan fingerprint density at radius 3 is 2.53 bits per heavy atom. The summed E-state index contributed by atoms with van der Waals surface area (Å²) in [5, 5.41) is 20.2. The maximum absolute atomic E-state index is 12.8. The number of likely N-dealkylation sites (tertiary alicyclic amines) is 1. The van der Waals surface area contributed by atoms with Gasteiger partial charge < -0.3 is 25.6 Å². The average molecular weight is 598 g/mol. The van der Waals surface area contributed by atoms with Gasteiger partial charge in [0, 0.05) is 50.7 Å². The molecule has 4 saturated carbocycles. The third-order valence-corrected chi connectivity index (χ3v) is 9.94. The molecule has 1 aliphatic heterocycles. The Morgan fingerprint density at radius 2 is 1.86 bits per heavy atom. The van der Waals surface area contributed by atoms with Crippen LogP contribution in [0.4, 0.5) is 24.9 Å². The van der Waals surface area contributed by atoms with Crippen LogP contribution in [0.25, 0.3) is 0 Å². The van der Waals surface area contributed by atoms with Crippen molar-refractivity contribution in [3.63, 3.8) is 0 Å². The van der Waals surface area contributed by atoms with Gasteiger partial charge >= 0.3 is 6.36 Å². The minimum Gasteiger partial charge on any atom is -0.405 e. The van der Waals surface area contributed by atoms with Gasteiger partial charge in [-0.3, -0.25) is 4.79 Å². The Hall–Kier alpha value is -3.59. The Bertz CT molecular complexity index is 1360. The predicted molar refractivity (Wildman–Crippen MR) is 154 cm³/mol. The number of piperidine rings is 1. The second-order valence-electron chi connectivity index (χ2n) is 12.9. The number of amides is 1. The van der Waals surface area contributed by atoms with Crippen molar-refractivity contribution >= 4 is 17.7 Å². The van der Waals surface area contributed by atoms with Gasteiger partial charge in [0.2, 0.25) is 11.9 Å². The van der Waals surface area contributed by atoms with Crippen LogP contribution in [-0.4, -0.2) is 58.9 Å². The molecular formula is C31H38F3N7O2. The number of carbonyl (C=O) groups excluding carboxylic acids is 1. The highest BCUT2D eigenvalue weighted by Crippen LogP contribution is 2.60. The van der Waals surface area contributed by atoms with Gasteiger partial charge in [0.25, 0.3) is 0 Å². The van der Waals surface area contributed by atoms with Crippen LogP contribution in [0.15, 0.2) is 30.5 Å². The molecule has 43 heavy (non-hydrogen) atoms. The highest BCUT2D eigenvalue weighted by atomic mass is 19.4. The number of nitrogens with one attached hydrogen (secondary N) is 3. The quantitative estimate of drug-likeness (QED) is 0.367. The third-order valence-electron chi connectivity index (χ3n) is 9.94. The van der Waals surface area contributed by atoms with E-state index in [1.807, 2.05) is 4.90 Å². The van der Waals surface area contributed by atoms with Crippen LogP contribution < -0.4 is 20.7 Å². The van der Waals surface area contributed by atoms with Crippen LogP contribution in [0.3, 0.4) is 0 Å². The molecule has 0 radical (unpaired) electrons. The number of alkyl halides is 3. The van der Waals surface area contributed by atoms with E-state index in [0.717, 1.165) is 38.8 Å². The van der Waals surface area contributed by atoms with Crippen LogP contribution in [0.2, 0.25) is 0 Å². The zero-order valence-electron chi connectivity index (χ0n) is 24.3. The van der Waals surface area contributed by atoms with E-state index in [4.69, 9.17) is 0 Å². The molecule has 1 unspecified atom stereocenters. The number of aromatic nitrogens is 2. The lowest BCUT2D eigenvalue weighted by atomic mass is 9.48. The van der Waals surface area contributed by atoms with Crippen molar-refractivity contribution in [1.82, 2.24) is 20.2 Å². The summed E-state index contributed by atoms with van der Waals surface area (Å²) in [6, 6.07) is 9.06. The Morgan fingerprint density at radius 1 is 1.14 bits per heavy atom. The summed E-state index contributed by atoms with van der Waals surface area (Å²) in [4.78, 5) is 22.4. The topological polar surface area (TPSA) is 115 Å². The predicted octanol–water partition coefficient (Wildman–Crippen LogP) is 5.07. The molecule has 4 aliphatic carbocycles. The van der Waals surface area contributed by atoms with Gasteiger partial charge in [-0.15, -0.1) is 13.2 Å². The van der Waals surface area contributed by atoms with Crippen molar-refractivity contribution < 1.29 is 22.7 Å². The van der Waals surface area contributed by atoms with Crippen LogP contribution in [-0.2, 0) is 11.3 Å². The molecule has 7 rings (SSSR count). The van der Waals surface area contributed by atoms with Crippen molar-refractivity contribution in [3.8, 4) is 11.8 Å². The van der Waals surface area contributed by atoms with Gasteiger partial charge in [-0.2, -0.15) is 10.2 Å². The van der Waals surface area contributed by atoms with E-state index in [0.29, 0.717) is 53.3 Å². The Kier molecular flexibility index (Phi) is 8.11. The number of para-hydroxylation sites is 1. The molecule has 0 spiro atoms. The lowest BCUT2D eigenvalue weighted by Gasteiger charge is -2.61. The number of ether oxygens (including phenoxy) is 1. The lowest BCUT2D eigenvalue weighted by molar-refractivity contribution is -0.274. The fourth-order valence-corrected chi connectivity index (χ4v) is 8.32. The van der Waals surface area contributed by atoms with Crippen molar-refractivity contribution in [3.05, 3.63) is 41.6 Å². The van der Waals surface area contributed by atoms with Gasteiger partial charge in [-0.1, -0.05) is 18.2 Å². The van der Waals surface area contributed by atoms with Crippen molar-refractivity contribution in [2.24, 2.45) is 23.2 Å². The first-order valence-electron chi connectivity index (χ1n) is 15.2. The number of benzene rings is 1. The summed E-state index contributed by atoms with van der Waals surface area (Å²) in [5.74, 6) is 2.48. The fourth-order valence-electron chi connectivity index (χ4n) is 8.32. The number of hydrogen-bond acceptors (Lipinski definition) is 8. The molecule has 230 valence electrons. The smallest absolute Gasteiger partial charge is 0.405 e. The average Bonchev–Trinajstić information content (AvgIpc) is 2.97. The van der Waals surface area contributed by atoms with Crippen molar-refractivity contribution in [2.75, 3.05) is 30.3 Å². The van der Waals surface area contributed by atoms with Gasteiger partial charge in [0.05, 0.1) is 6.20 Å². The first-order chi connectivity index (χ1) is 20.6. The number of nitriles is 1. The summed E-state index contributed by atoms with van der Waals surface area (Å²) < 4.78 is 42.6. The van der Waals surface area contributed by atoms with Gasteiger partial charge in [-0.05, 0) is 74.2 Å². The lowest BCUT2D eigenvalue weighted by Crippen LogP contribution is -2.62. The normalized spacial score (nSPS) is 28.4. The number of nitrogens with zero attached hydrogens (tertiary/aromatic N) is 4. The van der Waals surface area contributed by atoms with E-state index in [2.05, 4.69) is 36.7 Å². The summed E-state index contributed by atoms with van der Waals surface area (Å²) in [6.07, 6.45) is 4.61. The van der Waals surface area contributed by atoms with Gasteiger partial charge in [-0.25, -0.2) is 4.98 Å². The summed E-state index contributed by atoms with van der Waals surface area (Å²) >= 11 is 0. The van der Waals surface area contributed by atoms with E-state index < -0.39 is 6.36 Å². The fraction of sp³-hybridized carbons (Fsp3) is 0.613. The number of anilines is 2. The molecule has 5 fully saturated rings. The minimum absolute atomic E-state index is 0.0226. The maximum atomic E-state index is 12.8. The number of rotatable bonds is 9. The molecule has 1 aromatic heterocycles. The molecule has 12 heteroatoms. The van der Waals surface area contributed by atoms with E-state index in [1.165, 1.54) is 37.6 Å². The summed E-state index contributed by atoms with van der Waals surface area (Å²) in [7, 11) is 0. The first-order valence-corrected chi connectivity index (χ1v) is 15.2. The van der Waals surface area contributed by atoms with Crippen molar-refractivity contribution in [2.45, 2.75) is 76.9 Å². The summed E-state index contributed by atoms with van der Waals surface area (Å²) in [5.41, 5.74) is 0.780. The molecular weight excluding hydrogens is 559 g/mol. The zero-order chi connectivity index (χ0) is 30.2. The molecule has 2 heterocycles. The maximum Gasteiger partial charge on any atom is 0.573 e. The number of hydrogen-bond donors (Lipinski definition) is 3. The molecule has 1 amide bonds. The van der Waals surface area contributed by atoms with Gasteiger partial charge in [0.15, 0.2) is 0 Å². The minimum atomic E-state index is -4.79. The SMILES string of the molecule is CC(=O)N1CCC(N[C@@H]2[C@@H]3CC4C[C@H]2C[C@@](CNc2nc(NCc5ccccc5OC(F)(F)F)ncc2C#N)(C4)C3)CC1. The second-order valence-corrected chi connectivity index (χ2v) is 12.9. The number of halogens is 3. The Balaban J connectivity index is 1.08. The highest BCUT2D eigenvalue weighted by molar-refractivity contribution is 5.73. The van der Waals surface area contributed by atoms with Crippen LogP contribution in [0.1, 0.15) is 63.0 Å². The van der Waals surface area contributed by atoms with Gasteiger partial charge in [0.1, 0.15) is 23.2 Å². The molecule has 4 bridgehead atoms. The third kappa shape index (κ3) is 6.66. The highest BCUT2D eigenvalue weighted by Gasteiger charge is 2.55. The molecule has 5 atom stereocenters. The standard InChI is InChI=1S/C31H38F3N7O2/c1-19(42)41-8-6-25(7-9-41)39-27-22-10-20-11-23(27)14-30(12-20,13-22)18-38-28-24(15-35)17-37-29(40-28)36-16-21-4-2-3-5-26(21)43-31(32,33)34/h2-5,17,20,22-23,25,27,39H,6-14,16,18H2,1H3,(H2,36,37,38,40)/t20?,22-,23+,27-,30-. The molecule has 2 aromatic rings. The second kappa shape index (κ2) is 11.8. The van der Waals surface area contributed by atoms with E-state index in [9.17, 15) is 23.2 Å². The van der Waals surface area contributed by atoms with Crippen molar-refractivity contribution in [1.29, 1.82) is 5.26 Å². The first kappa shape index (κ1) is 29.5. The zero-order valence-corrected chi connectivity index (χ0v) is 24.3. The largest absolute Gasteiger partial charge is 0.573 e. The molecule has 1 saturated heterocycles. The van der Waals surface area contributed by atoms with E-state index >= 15 is 0 Å². The molecule has 3 N–H and O–H groups in total. The molecule has 5 aliphatic rings.